The minimum atomic E-state index is -0.0642. The number of hydrogen-bond acceptors (Lipinski definition) is 5. The van der Waals surface area contributed by atoms with Gasteiger partial charge < -0.3 is 10.6 Å². The standard InChI is InChI=1S/C21H21N5O/c1-26(13-20-23-12-15-6-2-3-8-17(15)24-20)14-21(27)25-19-10-4-9-18-16(19)7-5-11-22-18/h2-11H,12-14H2,1H3,(H,23,24)(H,25,27). The summed E-state index contributed by atoms with van der Waals surface area (Å²) in [7, 11) is 1.91. The van der Waals surface area contributed by atoms with Crippen molar-refractivity contribution < 1.29 is 4.79 Å². The first-order valence-electron chi connectivity index (χ1n) is 8.90. The summed E-state index contributed by atoms with van der Waals surface area (Å²) in [5, 5.41) is 7.25. The number of aliphatic imine (C=N–C) groups is 1. The molecule has 1 aromatic heterocycles. The summed E-state index contributed by atoms with van der Waals surface area (Å²) in [6.07, 6.45) is 1.75. The molecule has 2 heterocycles. The minimum Gasteiger partial charge on any atom is -0.368 e. The number of carbonyl (C=O) groups excluding carboxylic acids is 1. The lowest BCUT2D eigenvalue weighted by Crippen LogP contribution is -2.39. The summed E-state index contributed by atoms with van der Waals surface area (Å²) in [5.41, 5.74) is 3.82. The summed E-state index contributed by atoms with van der Waals surface area (Å²) >= 11 is 0. The van der Waals surface area contributed by atoms with Gasteiger partial charge in [0, 0.05) is 18.1 Å². The zero-order chi connectivity index (χ0) is 18.6. The summed E-state index contributed by atoms with van der Waals surface area (Å²) < 4.78 is 0. The van der Waals surface area contributed by atoms with Crippen LogP contribution < -0.4 is 10.6 Å². The lowest BCUT2D eigenvalue weighted by Gasteiger charge is -2.22. The Kier molecular flexibility index (Phi) is 4.80. The van der Waals surface area contributed by atoms with Crippen LogP contribution in [-0.2, 0) is 11.3 Å². The Morgan fingerprint density at radius 3 is 2.96 bits per heavy atom. The van der Waals surface area contributed by atoms with Crippen molar-refractivity contribution in [1.29, 1.82) is 0 Å². The first kappa shape index (κ1) is 17.2. The molecule has 1 amide bonds. The minimum absolute atomic E-state index is 0.0642. The molecule has 4 rings (SSSR count). The Morgan fingerprint density at radius 2 is 2.04 bits per heavy atom. The number of likely N-dealkylation sites (N-methyl/N-ethyl adjacent to an activating group) is 1. The fourth-order valence-electron chi connectivity index (χ4n) is 3.20. The number of pyridine rings is 1. The van der Waals surface area contributed by atoms with Crippen molar-refractivity contribution in [3.05, 3.63) is 66.4 Å². The van der Waals surface area contributed by atoms with Crippen LogP contribution in [0.25, 0.3) is 10.9 Å². The van der Waals surface area contributed by atoms with Crippen LogP contribution in [0.1, 0.15) is 5.56 Å². The normalized spacial score (nSPS) is 13.0. The molecule has 1 aliphatic rings. The van der Waals surface area contributed by atoms with Gasteiger partial charge in [-0.05, 0) is 42.9 Å². The number of nitrogens with one attached hydrogen (secondary N) is 2. The number of hydrogen-bond donors (Lipinski definition) is 2. The second-order valence-corrected chi connectivity index (χ2v) is 6.64. The number of para-hydroxylation sites is 1. The second-order valence-electron chi connectivity index (χ2n) is 6.64. The Morgan fingerprint density at radius 1 is 1.15 bits per heavy atom. The largest absolute Gasteiger partial charge is 0.368 e. The molecule has 0 spiro atoms. The molecule has 136 valence electrons. The molecule has 0 bridgehead atoms. The van der Waals surface area contributed by atoms with E-state index in [2.05, 4.69) is 26.7 Å². The molecule has 0 radical (unpaired) electrons. The predicted octanol–water partition coefficient (Wildman–Crippen LogP) is 2.94. The maximum Gasteiger partial charge on any atom is 0.238 e. The third-order valence-electron chi connectivity index (χ3n) is 4.48. The van der Waals surface area contributed by atoms with Crippen molar-refractivity contribution >= 4 is 34.0 Å². The lowest BCUT2D eigenvalue weighted by molar-refractivity contribution is -0.116. The van der Waals surface area contributed by atoms with Crippen LogP contribution in [0.2, 0.25) is 0 Å². The van der Waals surface area contributed by atoms with Crippen LogP contribution in [0.4, 0.5) is 11.4 Å². The van der Waals surface area contributed by atoms with Gasteiger partial charge in [-0.2, -0.15) is 0 Å². The number of nitrogens with zero attached hydrogens (tertiary/aromatic N) is 3. The molecule has 27 heavy (non-hydrogen) atoms. The summed E-state index contributed by atoms with van der Waals surface area (Å²) in [6.45, 7) is 1.62. The molecular weight excluding hydrogens is 338 g/mol. The number of fused-ring (bicyclic) bond motifs is 2. The van der Waals surface area contributed by atoms with Crippen LogP contribution in [0.5, 0.6) is 0 Å². The molecular formula is C21H21N5O. The summed E-state index contributed by atoms with van der Waals surface area (Å²) in [6, 6.07) is 17.6. The molecule has 2 N–H and O–H groups in total. The molecule has 0 unspecified atom stereocenters. The quantitative estimate of drug-likeness (QED) is 0.735. The molecule has 0 atom stereocenters. The predicted molar refractivity (Wildman–Crippen MR) is 108 cm³/mol. The van der Waals surface area contributed by atoms with Crippen molar-refractivity contribution in [2.75, 3.05) is 25.5 Å². The van der Waals surface area contributed by atoms with Gasteiger partial charge in [0.1, 0.15) is 5.84 Å². The first-order valence-corrected chi connectivity index (χ1v) is 8.90. The van der Waals surface area contributed by atoms with E-state index in [0.717, 1.165) is 34.7 Å². The lowest BCUT2D eigenvalue weighted by atomic mass is 10.1. The molecule has 6 nitrogen and oxygen atoms in total. The van der Waals surface area contributed by atoms with E-state index in [-0.39, 0.29) is 12.5 Å². The fraction of sp³-hybridized carbons (Fsp3) is 0.190. The van der Waals surface area contributed by atoms with Crippen LogP contribution in [-0.4, -0.2) is 41.8 Å². The second kappa shape index (κ2) is 7.55. The number of benzene rings is 2. The SMILES string of the molecule is CN(CC(=O)Nc1cccc2ncccc12)CC1=Nc2ccccc2CN1. The molecule has 0 saturated carbocycles. The van der Waals surface area contributed by atoms with E-state index in [4.69, 9.17) is 0 Å². The maximum absolute atomic E-state index is 12.5. The van der Waals surface area contributed by atoms with Crippen molar-refractivity contribution in [3.63, 3.8) is 0 Å². The fourth-order valence-corrected chi connectivity index (χ4v) is 3.20. The number of rotatable bonds is 5. The van der Waals surface area contributed by atoms with Crippen molar-refractivity contribution in [2.24, 2.45) is 4.99 Å². The third kappa shape index (κ3) is 3.96. The van der Waals surface area contributed by atoms with E-state index >= 15 is 0 Å². The van der Waals surface area contributed by atoms with Crippen LogP contribution >= 0.6 is 0 Å². The molecule has 3 aromatic rings. The maximum atomic E-state index is 12.5. The van der Waals surface area contributed by atoms with E-state index in [0.29, 0.717) is 6.54 Å². The zero-order valence-corrected chi connectivity index (χ0v) is 15.1. The highest BCUT2D eigenvalue weighted by atomic mass is 16.2. The molecule has 1 aliphatic heterocycles. The average Bonchev–Trinajstić information content (AvgIpc) is 2.68. The van der Waals surface area contributed by atoms with E-state index in [1.165, 1.54) is 5.56 Å². The number of aromatic nitrogens is 1. The molecule has 0 fully saturated rings. The summed E-state index contributed by atoms with van der Waals surface area (Å²) in [5.74, 6) is 0.809. The van der Waals surface area contributed by atoms with Gasteiger partial charge in [-0.3, -0.25) is 14.7 Å². The smallest absolute Gasteiger partial charge is 0.238 e. The highest BCUT2D eigenvalue weighted by Gasteiger charge is 2.14. The highest BCUT2D eigenvalue weighted by molar-refractivity contribution is 6.01. The van der Waals surface area contributed by atoms with Crippen LogP contribution in [0, 0.1) is 0 Å². The number of amidine groups is 1. The van der Waals surface area contributed by atoms with Gasteiger partial charge >= 0.3 is 0 Å². The monoisotopic (exact) mass is 359 g/mol. The number of amides is 1. The Hall–Kier alpha value is -3.25. The van der Waals surface area contributed by atoms with Gasteiger partial charge in [-0.25, -0.2) is 4.99 Å². The highest BCUT2D eigenvalue weighted by Crippen LogP contribution is 2.22. The van der Waals surface area contributed by atoms with E-state index < -0.39 is 0 Å². The summed E-state index contributed by atoms with van der Waals surface area (Å²) in [4.78, 5) is 23.4. The zero-order valence-electron chi connectivity index (χ0n) is 15.1. The van der Waals surface area contributed by atoms with Crippen LogP contribution in [0.3, 0.4) is 0 Å². The van der Waals surface area contributed by atoms with Gasteiger partial charge in [-0.1, -0.05) is 24.3 Å². The Bertz CT molecular complexity index is 1010. The molecule has 0 saturated heterocycles. The van der Waals surface area contributed by atoms with E-state index in [9.17, 15) is 4.79 Å². The number of carbonyl (C=O) groups is 1. The van der Waals surface area contributed by atoms with Crippen molar-refractivity contribution in [2.45, 2.75) is 6.54 Å². The van der Waals surface area contributed by atoms with E-state index in [1.807, 2.05) is 60.5 Å². The third-order valence-corrected chi connectivity index (χ3v) is 4.48. The van der Waals surface area contributed by atoms with Gasteiger partial charge in [0.05, 0.1) is 30.0 Å². The van der Waals surface area contributed by atoms with Crippen molar-refractivity contribution in [1.82, 2.24) is 15.2 Å². The van der Waals surface area contributed by atoms with E-state index in [1.54, 1.807) is 6.20 Å². The topological polar surface area (TPSA) is 69.6 Å². The van der Waals surface area contributed by atoms with Gasteiger partial charge in [0.25, 0.3) is 0 Å². The van der Waals surface area contributed by atoms with Crippen LogP contribution in [0.15, 0.2) is 65.8 Å². The van der Waals surface area contributed by atoms with Gasteiger partial charge in [-0.15, -0.1) is 0 Å². The number of anilines is 1. The molecule has 2 aromatic carbocycles. The van der Waals surface area contributed by atoms with Gasteiger partial charge in [0.15, 0.2) is 0 Å². The molecule has 0 aliphatic carbocycles. The Labute approximate surface area is 157 Å². The molecule has 6 heteroatoms. The first-order chi connectivity index (χ1) is 13.2. The Balaban J connectivity index is 1.39. The average molecular weight is 359 g/mol. The van der Waals surface area contributed by atoms with Crippen molar-refractivity contribution in [3.8, 4) is 0 Å². The van der Waals surface area contributed by atoms with Gasteiger partial charge in [0.2, 0.25) is 5.91 Å².